The summed E-state index contributed by atoms with van der Waals surface area (Å²) in [6.07, 6.45) is 0. The number of aryl methyl sites for hydroxylation is 2. The lowest BCUT2D eigenvalue weighted by molar-refractivity contribution is 0.749. The molecule has 2 N–H and O–H groups in total. The molecule has 0 amide bonds. The average molecular weight is 280 g/mol. The van der Waals surface area contributed by atoms with E-state index in [2.05, 4.69) is 46.2 Å². The van der Waals surface area contributed by atoms with E-state index in [1.165, 1.54) is 5.56 Å². The van der Waals surface area contributed by atoms with Crippen molar-refractivity contribution in [1.82, 2.24) is 9.78 Å². The van der Waals surface area contributed by atoms with Crippen molar-refractivity contribution in [3.8, 4) is 11.3 Å². The second kappa shape index (κ2) is 4.39. The van der Waals surface area contributed by atoms with Crippen molar-refractivity contribution in [2.24, 2.45) is 12.8 Å². The molecule has 84 valence electrons. The van der Waals surface area contributed by atoms with Gasteiger partial charge in [0, 0.05) is 19.2 Å². The number of benzene rings is 1. The Balaban J connectivity index is 2.60. The third-order valence-electron chi connectivity index (χ3n) is 2.54. The number of halogens is 1. The minimum Gasteiger partial charge on any atom is -0.325 e. The van der Waals surface area contributed by atoms with Crippen LogP contribution in [0, 0.1) is 6.92 Å². The van der Waals surface area contributed by atoms with Crippen molar-refractivity contribution in [2.45, 2.75) is 13.5 Å². The second-order valence-corrected chi connectivity index (χ2v) is 4.60. The monoisotopic (exact) mass is 279 g/mol. The van der Waals surface area contributed by atoms with Crippen LogP contribution in [0.4, 0.5) is 0 Å². The zero-order valence-electron chi connectivity index (χ0n) is 9.37. The summed E-state index contributed by atoms with van der Waals surface area (Å²) in [6.45, 7) is 2.53. The Morgan fingerprint density at radius 1 is 1.44 bits per heavy atom. The fraction of sp³-hybridized carbons (Fsp3) is 0.250. The molecule has 1 heterocycles. The number of rotatable bonds is 2. The van der Waals surface area contributed by atoms with Crippen LogP contribution in [0.25, 0.3) is 11.3 Å². The molecule has 0 aliphatic heterocycles. The lowest BCUT2D eigenvalue weighted by Gasteiger charge is -2.04. The Labute approximate surface area is 103 Å². The lowest BCUT2D eigenvalue weighted by atomic mass is 10.1. The fourth-order valence-corrected chi connectivity index (χ4v) is 2.52. The Bertz CT molecular complexity index is 517. The topological polar surface area (TPSA) is 43.8 Å². The van der Waals surface area contributed by atoms with E-state index in [1.54, 1.807) is 0 Å². The highest BCUT2D eigenvalue weighted by Crippen LogP contribution is 2.30. The number of hydrogen-bond acceptors (Lipinski definition) is 2. The van der Waals surface area contributed by atoms with Gasteiger partial charge in [-0.1, -0.05) is 23.8 Å². The van der Waals surface area contributed by atoms with Crippen LogP contribution >= 0.6 is 15.9 Å². The molecule has 0 saturated heterocycles. The van der Waals surface area contributed by atoms with Crippen molar-refractivity contribution < 1.29 is 0 Å². The predicted molar refractivity (Wildman–Crippen MR) is 69.0 cm³/mol. The normalized spacial score (nSPS) is 10.8. The quantitative estimate of drug-likeness (QED) is 0.919. The molecule has 0 radical (unpaired) electrons. The van der Waals surface area contributed by atoms with Crippen molar-refractivity contribution >= 4 is 15.9 Å². The largest absolute Gasteiger partial charge is 0.325 e. The van der Waals surface area contributed by atoms with Gasteiger partial charge in [0.1, 0.15) is 0 Å². The van der Waals surface area contributed by atoms with E-state index in [9.17, 15) is 0 Å². The van der Waals surface area contributed by atoms with E-state index in [4.69, 9.17) is 5.73 Å². The summed E-state index contributed by atoms with van der Waals surface area (Å²) in [4.78, 5) is 0. The molecule has 0 unspecified atom stereocenters. The number of nitrogens with zero attached hydrogens (tertiary/aromatic N) is 2. The molecule has 1 aromatic carbocycles. The maximum absolute atomic E-state index is 5.64. The molecule has 2 rings (SSSR count). The van der Waals surface area contributed by atoms with Crippen molar-refractivity contribution in [1.29, 1.82) is 0 Å². The van der Waals surface area contributed by atoms with Crippen LogP contribution < -0.4 is 5.73 Å². The highest BCUT2D eigenvalue weighted by Gasteiger charge is 2.14. The molecule has 2 aromatic rings. The molecular formula is C12H14BrN3. The summed E-state index contributed by atoms with van der Waals surface area (Å²) in [5.74, 6) is 0. The summed E-state index contributed by atoms with van der Waals surface area (Å²) in [7, 11) is 1.93. The fourth-order valence-electron chi connectivity index (χ4n) is 1.79. The molecule has 0 bridgehead atoms. The molecule has 1 aromatic heterocycles. The molecule has 0 spiro atoms. The van der Waals surface area contributed by atoms with Crippen LogP contribution in [0.2, 0.25) is 0 Å². The average Bonchev–Trinajstić information content (AvgIpc) is 2.53. The smallest absolute Gasteiger partial charge is 0.0908 e. The maximum Gasteiger partial charge on any atom is 0.0908 e. The van der Waals surface area contributed by atoms with Gasteiger partial charge >= 0.3 is 0 Å². The van der Waals surface area contributed by atoms with Crippen molar-refractivity contribution in [2.75, 3.05) is 0 Å². The molecule has 0 atom stereocenters. The number of hydrogen-bond donors (Lipinski definition) is 1. The summed E-state index contributed by atoms with van der Waals surface area (Å²) < 4.78 is 2.85. The van der Waals surface area contributed by atoms with Gasteiger partial charge in [-0.25, -0.2) is 0 Å². The van der Waals surface area contributed by atoms with Gasteiger partial charge in [0.15, 0.2) is 0 Å². The van der Waals surface area contributed by atoms with Crippen LogP contribution in [-0.2, 0) is 13.6 Å². The molecule has 0 aliphatic carbocycles. The Kier molecular flexibility index (Phi) is 3.12. The minimum atomic E-state index is 0.445. The van der Waals surface area contributed by atoms with Crippen molar-refractivity contribution in [3.05, 3.63) is 40.0 Å². The Morgan fingerprint density at radius 2 is 2.19 bits per heavy atom. The summed E-state index contributed by atoms with van der Waals surface area (Å²) in [6, 6.07) is 8.35. The summed E-state index contributed by atoms with van der Waals surface area (Å²) in [5.41, 5.74) is 9.99. The predicted octanol–water partition coefficient (Wildman–Crippen LogP) is 2.62. The van der Waals surface area contributed by atoms with Crippen LogP contribution in [-0.4, -0.2) is 9.78 Å². The van der Waals surface area contributed by atoms with Crippen molar-refractivity contribution in [3.63, 3.8) is 0 Å². The van der Waals surface area contributed by atoms with Gasteiger partial charge < -0.3 is 5.73 Å². The van der Waals surface area contributed by atoms with E-state index in [0.29, 0.717) is 6.54 Å². The number of aromatic nitrogens is 2. The molecule has 0 fully saturated rings. The zero-order chi connectivity index (χ0) is 11.7. The van der Waals surface area contributed by atoms with Gasteiger partial charge in [0.05, 0.1) is 15.9 Å². The van der Waals surface area contributed by atoms with Crippen LogP contribution in [0.15, 0.2) is 28.7 Å². The molecular weight excluding hydrogens is 266 g/mol. The van der Waals surface area contributed by atoms with Gasteiger partial charge in [-0.3, -0.25) is 4.68 Å². The van der Waals surface area contributed by atoms with E-state index >= 15 is 0 Å². The molecule has 4 heteroatoms. The van der Waals surface area contributed by atoms with E-state index in [-0.39, 0.29) is 0 Å². The van der Waals surface area contributed by atoms with Crippen LogP contribution in [0.1, 0.15) is 11.3 Å². The van der Waals surface area contributed by atoms with Gasteiger partial charge in [0.2, 0.25) is 0 Å². The lowest BCUT2D eigenvalue weighted by Crippen LogP contribution is -1.99. The first-order chi connectivity index (χ1) is 7.63. The second-order valence-electron chi connectivity index (χ2n) is 3.81. The van der Waals surface area contributed by atoms with Gasteiger partial charge in [-0.2, -0.15) is 5.10 Å². The third-order valence-corrected chi connectivity index (χ3v) is 3.37. The molecule has 3 nitrogen and oxygen atoms in total. The van der Waals surface area contributed by atoms with Gasteiger partial charge in [-0.15, -0.1) is 0 Å². The van der Waals surface area contributed by atoms with Gasteiger partial charge in [-0.05, 0) is 28.9 Å². The summed E-state index contributed by atoms with van der Waals surface area (Å²) >= 11 is 3.56. The first-order valence-electron chi connectivity index (χ1n) is 5.12. The Hall–Kier alpha value is -1.13. The van der Waals surface area contributed by atoms with Crippen LogP contribution in [0.3, 0.4) is 0 Å². The molecule has 16 heavy (non-hydrogen) atoms. The summed E-state index contributed by atoms with van der Waals surface area (Å²) in [5, 5.41) is 4.38. The standard InChI is InChI=1S/C12H14BrN3/c1-8-4-3-5-9(6-8)12-11(13)10(7-14)15-16(12)2/h3-6H,7,14H2,1-2H3. The van der Waals surface area contributed by atoms with Crippen LogP contribution in [0.5, 0.6) is 0 Å². The van der Waals surface area contributed by atoms with Gasteiger partial charge in [0.25, 0.3) is 0 Å². The number of nitrogens with two attached hydrogens (primary N) is 1. The highest BCUT2D eigenvalue weighted by atomic mass is 79.9. The molecule has 0 saturated carbocycles. The molecule has 0 aliphatic rings. The third kappa shape index (κ3) is 1.90. The van der Waals surface area contributed by atoms with E-state index in [0.717, 1.165) is 21.4 Å². The first kappa shape index (κ1) is 11.4. The van der Waals surface area contributed by atoms with E-state index < -0.39 is 0 Å². The Morgan fingerprint density at radius 3 is 2.75 bits per heavy atom. The van der Waals surface area contributed by atoms with E-state index in [1.807, 2.05) is 17.8 Å². The maximum atomic E-state index is 5.64. The SMILES string of the molecule is Cc1cccc(-c2c(Br)c(CN)nn2C)c1. The minimum absolute atomic E-state index is 0.445. The zero-order valence-corrected chi connectivity index (χ0v) is 11.0. The highest BCUT2D eigenvalue weighted by molar-refractivity contribution is 9.10. The first-order valence-corrected chi connectivity index (χ1v) is 5.91.